The maximum Gasteiger partial charge on any atom is 0.316 e. The molecule has 0 N–H and O–H groups in total. The quantitative estimate of drug-likeness (QED) is 0.600. The lowest BCUT2D eigenvalue weighted by Gasteiger charge is -2.50. The minimum Gasteiger partial charge on any atom is -0.493 e. The van der Waals surface area contributed by atoms with Crippen LogP contribution >= 0.6 is 0 Å². The van der Waals surface area contributed by atoms with E-state index in [2.05, 4.69) is 6.08 Å². The largest absolute Gasteiger partial charge is 0.493 e. The Labute approximate surface area is 158 Å². The Morgan fingerprint density at radius 2 is 2.00 bits per heavy atom. The van der Waals surface area contributed by atoms with Crippen molar-refractivity contribution in [2.45, 2.75) is 25.3 Å². The smallest absolute Gasteiger partial charge is 0.316 e. The van der Waals surface area contributed by atoms with Gasteiger partial charge in [-0.25, -0.2) is 0 Å². The Balaban J connectivity index is 1.78. The summed E-state index contributed by atoms with van der Waals surface area (Å²) in [6.07, 6.45) is 5.51. The van der Waals surface area contributed by atoms with Crippen molar-refractivity contribution in [1.82, 2.24) is 4.90 Å². The zero-order valence-electron chi connectivity index (χ0n) is 15.8. The number of piperidine rings is 1. The van der Waals surface area contributed by atoms with E-state index in [-0.39, 0.29) is 23.7 Å². The highest BCUT2D eigenvalue weighted by atomic mass is 16.5. The van der Waals surface area contributed by atoms with Gasteiger partial charge in [-0.15, -0.1) is 0 Å². The lowest BCUT2D eigenvalue weighted by Crippen LogP contribution is -2.57. The molecule has 4 atom stereocenters. The van der Waals surface area contributed by atoms with Gasteiger partial charge < -0.3 is 19.1 Å². The van der Waals surface area contributed by atoms with E-state index in [1.54, 1.807) is 14.2 Å². The van der Waals surface area contributed by atoms with E-state index in [4.69, 9.17) is 14.2 Å². The molecule has 27 heavy (non-hydrogen) atoms. The van der Waals surface area contributed by atoms with Crippen molar-refractivity contribution in [3.63, 3.8) is 0 Å². The second-order valence-electron chi connectivity index (χ2n) is 7.69. The van der Waals surface area contributed by atoms with Crippen LogP contribution in [0.1, 0.15) is 24.5 Å². The minimum absolute atomic E-state index is 0.0758. The molecule has 0 bridgehead atoms. The summed E-state index contributed by atoms with van der Waals surface area (Å²) >= 11 is 0. The molecule has 1 spiro atoms. The van der Waals surface area contributed by atoms with Gasteiger partial charge in [0.15, 0.2) is 11.5 Å². The molecule has 5 rings (SSSR count). The first kappa shape index (κ1) is 16.7. The highest BCUT2D eigenvalue weighted by Gasteiger charge is 2.89. The number of fused-ring (bicyclic) bond motifs is 2. The Bertz CT molecular complexity index is 893. The van der Waals surface area contributed by atoms with Crippen LogP contribution in [0.5, 0.6) is 11.5 Å². The Morgan fingerprint density at radius 3 is 2.70 bits per heavy atom. The predicted molar refractivity (Wildman–Crippen MR) is 96.4 cm³/mol. The predicted octanol–water partition coefficient (Wildman–Crippen LogP) is 2.05. The molecular weight excluding hydrogens is 346 g/mol. The van der Waals surface area contributed by atoms with Crippen molar-refractivity contribution in [1.29, 1.82) is 0 Å². The average Bonchev–Trinajstić information content (AvgIpc) is 3.31. The van der Waals surface area contributed by atoms with Crippen molar-refractivity contribution in [3.8, 4) is 11.5 Å². The van der Waals surface area contributed by atoms with E-state index in [0.717, 1.165) is 17.5 Å². The molecule has 1 saturated carbocycles. The zero-order valence-corrected chi connectivity index (χ0v) is 15.8. The van der Waals surface area contributed by atoms with Crippen molar-refractivity contribution in [3.05, 3.63) is 35.4 Å². The Kier molecular flexibility index (Phi) is 3.25. The summed E-state index contributed by atoms with van der Waals surface area (Å²) in [5.74, 6) is 0.739. The van der Waals surface area contributed by atoms with E-state index in [0.29, 0.717) is 31.1 Å². The highest BCUT2D eigenvalue weighted by Crippen LogP contribution is 2.79. The summed E-state index contributed by atoms with van der Waals surface area (Å²) in [7, 11) is 3.22. The van der Waals surface area contributed by atoms with Crippen LogP contribution in [-0.2, 0) is 26.3 Å². The molecule has 2 aliphatic heterocycles. The molecule has 2 fully saturated rings. The number of carbonyl (C=O) groups is 2. The van der Waals surface area contributed by atoms with Gasteiger partial charge >= 0.3 is 5.97 Å². The van der Waals surface area contributed by atoms with Gasteiger partial charge in [-0.05, 0) is 43.0 Å². The molecule has 0 radical (unpaired) electrons. The van der Waals surface area contributed by atoms with Gasteiger partial charge in [0.25, 0.3) is 0 Å². The van der Waals surface area contributed by atoms with E-state index >= 15 is 0 Å². The first-order chi connectivity index (χ1) is 13.1. The molecule has 1 aromatic carbocycles. The summed E-state index contributed by atoms with van der Waals surface area (Å²) in [6, 6.07) is 3.96. The van der Waals surface area contributed by atoms with Crippen LogP contribution in [0.3, 0.4) is 0 Å². The number of benzene rings is 1. The topological polar surface area (TPSA) is 65.1 Å². The van der Waals surface area contributed by atoms with E-state index in [1.807, 2.05) is 30.0 Å². The number of nitrogens with zero attached hydrogens (tertiary/aromatic N) is 1. The fraction of sp³-hybridized carbons (Fsp3) is 0.524. The van der Waals surface area contributed by atoms with E-state index in [9.17, 15) is 9.59 Å². The van der Waals surface area contributed by atoms with Gasteiger partial charge in [0.1, 0.15) is 5.41 Å². The van der Waals surface area contributed by atoms with Crippen molar-refractivity contribution >= 4 is 11.9 Å². The summed E-state index contributed by atoms with van der Waals surface area (Å²) in [6.45, 7) is 2.73. The maximum absolute atomic E-state index is 13.2. The monoisotopic (exact) mass is 369 g/mol. The van der Waals surface area contributed by atoms with Gasteiger partial charge in [0, 0.05) is 12.5 Å². The third kappa shape index (κ3) is 1.64. The maximum atomic E-state index is 13.2. The number of hydrogen-bond donors (Lipinski definition) is 0. The molecule has 1 saturated heterocycles. The minimum atomic E-state index is -0.816. The Morgan fingerprint density at radius 1 is 1.26 bits per heavy atom. The first-order valence-corrected chi connectivity index (χ1v) is 9.48. The van der Waals surface area contributed by atoms with Crippen LogP contribution < -0.4 is 9.47 Å². The number of allylic oxidation sites excluding steroid dienone is 1. The first-order valence-electron chi connectivity index (χ1n) is 9.48. The van der Waals surface area contributed by atoms with Crippen molar-refractivity contribution in [2.75, 3.05) is 27.4 Å². The summed E-state index contributed by atoms with van der Waals surface area (Å²) in [5, 5.41) is 0. The second-order valence-corrected chi connectivity index (χ2v) is 7.69. The van der Waals surface area contributed by atoms with Crippen LogP contribution in [0, 0.1) is 17.3 Å². The molecule has 2 aliphatic carbocycles. The summed E-state index contributed by atoms with van der Waals surface area (Å²) in [5.41, 5.74) is 0.612. The SMILES string of the molecule is CCOC(=O)[C@]12[C@@H]3C(=O)N4CCc5cc(OC)c(OC)cc5[C@]41CC=C[C@@H]32. The third-order valence-corrected chi connectivity index (χ3v) is 6.97. The van der Waals surface area contributed by atoms with Gasteiger partial charge in [-0.1, -0.05) is 12.2 Å². The van der Waals surface area contributed by atoms with Gasteiger partial charge in [-0.2, -0.15) is 0 Å². The van der Waals surface area contributed by atoms with Crippen LogP contribution in [-0.4, -0.2) is 44.1 Å². The van der Waals surface area contributed by atoms with Gasteiger partial charge in [0.05, 0.1) is 32.3 Å². The number of amides is 1. The second kappa shape index (κ2) is 5.27. The lowest BCUT2D eigenvalue weighted by molar-refractivity contribution is -0.158. The number of rotatable bonds is 4. The molecule has 6 heteroatoms. The van der Waals surface area contributed by atoms with Gasteiger partial charge in [-0.3, -0.25) is 9.59 Å². The summed E-state index contributed by atoms with van der Waals surface area (Å²) < 4.78 is 16.5. The summed E-state index contributed by atoms with van der Waals surface area (Å²) in [4.78, 5) is 28.4. The number of methoxy groups -OCH3 is 2. The molecule has 0 unspecified atom stereocenters. The third-order valence-electron chi connectivity index (χ3n) is 6.97. The van der Waals surface area contributed by atoms with Crippen LogP contribution in [0.15, 0.2) is 24.3 Å². The van der Waals surface area contributed by atoms with Crippen molar-refractivity contribution in [2.24, 2.45) is 17.3 Å². The molecule has 2 heterocycles. The average molecular weight is 369 g/mol. The number of hydrogen-bond acceptors (Lipinski definition) is 5. The normalized spacial score (nSPS) is 34.5. The fourth-order valence-corrected chi connectivity index (χ4v) is 6.01. The molecule has 142 valence electrons. The molecular formula is C21H23NO5. The molecule has 1 amide bonds. The van der Waals surface area contributed by atoms with Crippen LogP contribution in [0.4, 0.5) is 0 Å². The lowest BCUT2D eigenvalue weighted by atomic mass is 9.66. The number of carbonyl (C=O) groups excluding carboxylic acids is 2. The standard InChI is InChI=1S/C21H23NO5/c1-4-27-19(24)21-13-6-5-8-20(21)14-11-16(26-3)15(25-2)10-12(14)7-9-22(20)18(23)17(13)21/h5-6,10-11,13,17H,4,7-9H2,1-3H3/t13-,17-,20-,21-/m0/s1. The molecule has 6 nitrogen and oxygen atoms in total. The molecule has 0 aromatic heterocycles. The zero-order chi connectivity index (χ0) is 19.0. The van der Waals surface area contributed by atoms with E-state index in [1.165, 1.54) is 0 Å². The number of ether oxygens (including phenoxy) is 3. The van der Waals surface area contributed by atoms with E-state index < -0.39 is 11.0 Å². The van der Waals surface area contributed by atoms with Crippen LogP contribution in [0.25, 0.3) is 0 Å². The fourth-order valence-electron chi connectivity index (χ4n) is 6.01. The Hall–Kier alpha value is -2.50. The molecule has 4 aliphatic rings. The highest BCUT2D eigenvalue weighted by molar-refractivity contribution is 6.02. The van der Waals surface area contributed by atoms with Crippen molar-refractivity contribution < 1.29 is 23.8 Å². The van der Waals surface area contributed by atoms with Crippen LogP contribution in [0.2, 0.25) is 0 Å². The molecule has 1 aromatic rings. The van der Waals surface area contributed by atoms with Gasteiger partial charge in [0.2, 0.25) is 5.91 Å². The number of esters is 1.